The average Bonchev–Trinajstić information content (AvgIpc) is 2.79. The molecule has 0 bridgehead atoms. The van der Waals surface area contributed by atoms with E-state index < -0.39 is 4.92 Å². The maximum Gasteiger partial charge on any atom is 0.270 e. The van der Waals surface area contributed by atoms with E-state index in [9.17, 15) is 14.9 Å². The van der Waals surface area contributed by atoms with Gasteiger partial charge in [0.2, 0.25) is 5.91 Å². The van der Waals surface area contributed by atoms with Gasteiger partial charge in [-0.2, -0.15) is 5.26 Å². The number of nitro benzene ring substituents is 1. The fourth-order valence-electron chi connectivity index (χ4n) is 2.13. The number of nitrogens with two attached hydrogens (primary N) is 1. The molecule has 1 saturated heterocycles. The quantitative estimate of drug-likeness (QED) is 0.637. The lowest BCUT2D eigenvalue weighted by molar-refractivity contribution is -0.384. The Kier molecular flexibility index (Phi) is 3.44. The monoisotopic (exact) mass is 260 g/mol. The number of rotatable bonds is 3. The van der Waals surface area contributed by atoms with Crippen LogP contribution in [0.4, 0.5) is 11.4 Å². The first kappa shape index (κ1) is 13.0. The van der Waals surface area contributed by atoms with Crippen molar-refractivity contribution in [3.8, 4) is 6.07 Å². The number of carbonyl (C=O) groups excluding carboxylic acids is 1. The van der Waals surface area contributed by atoms with Crippen molar-refractivity contribution in [1.82, 2.24) is 0 Å². The van der Waals surface area contributed by atoms with E-state index in [0.717, 1.165) is 0 Å². The van der Waals surface area contributed by atoms with Gasteiger partial charge in [-0.3, -0.25) is 14.9 Å². The molecule has 7 heteroatoms. The first-order valence-electron chi connectivity index (χ1n) is 5.75. The van der Waals surface area contributed by atoms with Gasteiger partial charge in [-0.05, 0) is 18.5 Å². The van der Waals surface area contributed by atoms with E-state index in [1.165, 1.54) is 23.1 Å². The Morgan fingerprint density at radius 2 is 2.32 bits per heavy atom. The molecular formula is C12H12N4O3. The molecule has 2 N–H and O–H groups in total. The number of non-ortho nitro benzene ring substituents is 1. The van der Waals surface area contributed by atoms with Crippen LogP contribution in [0.5, 0.6) is 0 Å². The van der Waals surface area contributed by atoms with Gasteiger partial charge < -0.3 is 10.6 Å². The lowest BCUT2D eigenvalue weighted by atomic mass is 10.1. The van der Waals surface area contributed by atoms with Gasteiger partial charge in [0.25, 0.3) is 5.69 Å². The molecule has 1 fully saturated rings. The van der Waals surface area contributed by atoms with Crippen LogP contribution in [0.2, 0.25) is 0 Å². The molecule has 2 rings (SSSR count). The number of hydrogen-bond donors (Lipinski definition) is 1. The topological polar surface area (TPSA) is 113 Å². The van der Waals surface area contributed by atoms with Gasteiger partial charge in [0.1, 0.15) is 6.07 Å². The summed E-state index contributed by atoms with van der Waals surface area (Å²) < 4.78 is 0. The molecule has 0 saturated carbocycles. The summed E-state index contributed by atoms with van der Waals surface area (Å²) in [6.07, 6.45) is 0.346. The van der Waals surface area contributed by atoms with Crippen molar-refractivity contribution in [2.75, 3.05) is 18.0 Å². The molecule has 1 heterocycles. The van der Waals surface area contributed by atoms with Crippen LogP contribution in [-0.2, 0) is 4.79 Å². The number of anilines is 1. The van der Waals surface area contributed by atoms with Crippen LogP contribution < -0.4 is 10.6 Å². The minimum atomic E-state index is -0.570. The standard InChI is InChI=1S/C12H12N4O3/c13-5-8-3-12(17)15(7-8)11-2-1-10(16(18)19)4-9(11)6-14/h1-2,4,8H,3,5,7,13H2. The predicted octanol–water partition coefficient (Wildman–Crippen LogP) is 0.778. The Balaban J connectivity index is 2.38. The molecule has 1 aliphatic heterocycles. The average molecular weight is 260 g/mol. The van der Waals surface area contributed by atoms with E-state index in [2.05, 4.69) is 0 Å². The second-order valence-electron chi connectivity index (χ2n) is 4.38. The van der Waals surface area contributed by atoms with Gasteiger partial charge in [-0.25, -0.2) is 0 Å². The summed E-state index contributed by atoms with van der Waals surface area (Å²) in [4.78, 5) is 23.4. The number of nitrogens with zero attached hydrogens (tertiary/aromatic N) is 3. The minimum Gasteiger partial charge on any atom is -0.330 e. The highest BCUT2D eigenvalue weighted by molar-refractivity contribution is 5.97. The summed E-state index contributed by atoms with van der Waals surface area (Å²) in [6.45, 7) is 0.846. The molecule has 0 aliphatic carbocycles. The molecule has 0 radical (unpaired) electrons. The van der Waals surface area contributed by atoms with Crippen LogP contribution in [0.1, 0.15) is 12.0 Å². The van der Waals surface area contributed by atoms with E-state index in [1.54, 1.807) is 0 Å². The Morgan fingerprint density at radius 1 is 1.58 bits per heavy atom. The Bertz CT molecular complexity index is 579. The number of amides is 1. The van der Waals surface area contributed by atoms with Gasteiger partial charge in [-0.15, -0.1) is 0 Å². The predicted molar refractivity (Wildman–Crippen MR) is 67.3 cm³/mol. The van der Waals surface area contributed by atoms with Crippen molar-refractivity contribution < 1.29 is 9.72 Å². The van der Waals surface area contributed by atoms with Crippen LogP contribution in [0.25, 0.3) is 0 Å². The molecule has 98 valence electrons. The van der Waals surface area contributed by atoms with E-state index in [0.29, 0.717) is 25.2 Å². The van der Waals surface area contributed by atoms with Gasteiger partial charge in [0.05, 0.1) is 16.2 Å². The molecule has 0 spiro atoms. The third-order valence-electron chi connectivity index (χ3n) is 3.14. The Labute approximate surface area is 109 Å². The van der Waals surface area contributed by atoms with Crippen LogP contribution in [-0.4, -0.2) is 23.9 Å². The Morgan fingerprint density at radius 3 is 2.84 bits per heavy atom. The zero-order valence-corrected chi connectivity index (χ0v) is 10.1. The maximum absolute atomic E-state index is 11.9. The number of nitriles is 1. The van der Waals surface area contributed by atoms with Gasteiger partial charge in [0, 0.05) is 25.1 Å². The SMILES string of the molecule is N#Cc1cc([N+](=O)[O-])ccc1N1CC(CN)CC1=O. The van der Waals surface area contributed by atoms with E-state index in [1.807, 2.05) is 6.07 Å². The van der Waals surface area contributed by atoms with Crippen LogP contribution >= 0.6 is 0 Å². The highest BCUT2D eigenvalue weighted by atomic mass is 16.6. The summed E-state index contributed by atoms with van der Waals surface area (Å²) in [7, 11) is 0. The fraction of sp³-hybridized carbons (Fsp3) is 0.333. The van der Waals surface area contributed by atoms with Crippen LogP contribution in [0.3, 0.4) is 0 Å². The Hall–Kier alpha value is -2.46. The summed E-state index contributed by atoms with van der Waals surface area (Å²) in [5, 5.41) is 19.7. The van der Waals surface area contributed by atoms with Crippen LogP contribution in [0.15, 0.2) is 18.2 Å². The molecule has 1 amide bonds. The first-order valence-corrected chi connectivity index (χ1v) is 5.75. The molecule has 0 aromatic heterocycles. The normalized spacial score (nSPS) is 18.4. The summed E-state index contributed by atoms with van der Waals surface area (Å²) in [5.74, 6) is -0.0463. The summed E-state index contributed by atoms with van der Waals surface area (Å²) >= 11 is 0. The molecule has 1 atom stereocenters. The lowest BCUT2D eigenvalue weighted by Gasteiger charge is -2.17. The van der Waals surface area contributed by atoms with Gasteiger partial charge >= 0.3 is 0 Å². The molecule has 1 aromatic carbocycles. The van der Waals surface area contributed by atoms with E-state index >= 15 is 0 Å². The van der Waals surface area contributed by atoms with Gasteiger partial charge in [-0.1, -0.05) is 0 Å². The summed E-state index contributed by atoms with van der Waals surface area (Å²) in [5.41, 5.74) is 5.91. The van der Waals surface area contributed by atoms with E-state index in [4.69, 9.17) is 11.0 Å². The molecule has 19 heavy (non-hydrogen) atoms. The van der Waals surface area contributed by atoms with Crippen molar-refractivity contribution in [1.29, 1.82) is 5.26 Å². The zero-order chi connectivity index (χ0) is 14.0. The second-order valence-corrected chi connectivity index (χ2v) is 4.38. The lowest BCUT2D eigenvalue weighted by Crippen LogP contribution is -2.26. The summed E-state index contributed by atoms with van der Waals surface area (Å²) in [6, 6.07) is 5.80. The molecule has 1 aromatic rings. The van der Waals surface area contributed by atoms with E-state index in [-0.39, 0.29) is 23.1 Å². The number of hydrogen-bond acceptors (Lipinski definition) is 5. The third kappa shape index (κ3) is 2.39. The van der Waals surface area contributed by atoms with Crippen molar-refractivity contribution in [3.63, 3.8) is 0 Å². The van der Waals surface area contributed by atoms with Crippen molar-refractivity contribution >= 4 is 17.3 Å². The largest absolute Gasteiger partial charge is 0.330 e. The molecule has 1 aliphatic rings. The smallest absolute Gasteiger partial charge is 0.270 e. The maximum atomic E-state index is 11.9. The van der Waals surface area contributed by atoms with Crippen molar-refractivity contribution in [3.05, 3.63) is 33.9 Å². The van der Waals surface area contributed by atoms with Gasteiger partial charge in [0.15, 0.2) is 0 Å². The fourth-order valence-corrected chi connectivity index (χ4v) is 2.13. The second kappa shape index (κ2) is 5.04. The highest BCUT2D eigenvalue weighted by Gasteiger charge is 2.31. The molecule has 7 nitrogen and oxygen atoms in total. The highest BCUT2D eigenvalue weighted by Crippen LogP contribution is 2.29. The third-order valence-corrected chi connectivity index (χ3v) is 3.14. The number of benzene rings is 1. The minimum absolute atomic E-state index is 0.0641. The number of nitro groups is 1. The number of carbonyl (C=O) groups is 1. The van der Waals surface area contributed by atoms with Crippen molar-refractivity contribution in [2.24, 2.45) is 11.7 Å². The first-order chi connectivity index (χ1) is 9.06. The van der Waals surface area contributed by atoms with Crippen molar-refractivity contribution in [2.45, 2.75) is 6.42 Å². The zero-order valence-electron chi connectivity index (χ0n) is 10.1. The molecular weight excluding hydrogens is 248 g/mol. The van der Waals surface area contributed by atoms with Crippen LogP contribution in [0, 0.1) is 27.4 Å². The molecule has 1 unspecified atom stereocenters.